The summed E-state index contributed by atoms with van der Waals surface area (Å²) < 4.78 is 4.71. The molecule has 1 N–H and O–H groups in total. The molecule has 2 atom stereocenters. The summed E-state index contributed by atoms with van der Waals surface area (Å²) in [5.41, 5.74) is 0. The number of nitrogens with one attached hydrogen (secondary N) is 1. The zero-order chi connectivity index (χ0) is 12.0. The molecule has 0 amide bonds. The first-order valence-electron chi connectivity index (χ1n) is 5.48. The average Bonchev–Trinajstić information content (AvgIpc) is 2.79. The van der Waals surface area contributed by atoms with E-state index in [0.717, 1.165) is 13.0 Å². The van der Waals surface area contributed by atoms with Crippen LogP contribution in [0.5, 0.6) is 0 Å². The van der Waals surface area contributed by atoms with Gasteiger partial charge in [0.05, 0.1) is 13.0 Å². The molecule has 0 aliphatic heterocycles. The Morgan fingerprint density at radius 3 is 2.88 bits per heavy atom. The second kappa shape index (κ2) is 6.66. The monoisotopic (exact) mass is 241 g/mol. The van der Waals surface area contributed by atoms with Gasteiger partial charge < -0.3 is 10.1 Å². The third-order valence-corrected chi connectivity index (χ3v) is 3.68. The van der Waals surface area contributed by atoms with Gasteiger partial charge in [-0.05, 0) is 24.8 Å². The fourth-order valence-corrected chi connectivity index (χ4v) is 2.15. The van der Waals surface area contributed by atoms with Crippen LogP contribution in [-0.2, 0) is 16.0 Å². The minimum atomic E-state index is -0.156. The number of esters is 1. The molecule has 0 aliphatic carbocycles. The largest absolute Gasteiger partial charge is 0.469 e. The van der Waals surface area contributed by atoms with E-state index in [0.29, 0.717) is 0 Å². The summed E-state index contributed by atoms with van der Waals surface area (Å²) in [5.74, 6) is -0.260. The lowest BCUT2D eigenvalue weighted by atomic mass is 10.0. The van der Waals surface area contributed by atoms with E-state index in [-0.39, 0.29) is 17.9 Å². The van der Waals surface area contributed by atoms with Crippen LogP contribution in [0.1, 0.15) is 18.7 Å². The molecular weight excluding hydrogens is 222 g/mol. The van der Waals surface area contributed by atoms with Crippen LogP contribution in [0.25, 0.3) is 0 Å². The SMILES string of the molecule is COC(=O)C(C)C(C)NCCc1cccs1. The second-order valence-electron chi connectivity index (χ2n) is 3.88. The minimum Gasteiger partial charge on any atom is -0.469 e. The van der Waals surface area contributed by atoms with Crippen molar-refractivity contribution in [1.82, 2.24) is 5.32 Å². The highest BCUT2D eigenvalue weighted by molar-refractivity contribution is 7.09. The molecule has 4 heteroatoms. The maximum atomic E-state index is 11.3. The summed E-state index contributed by atoms with van der Waals surface area (Å²) in [6.07, 6.45) is 1.01. The zero-order valence-corrected chi connectivity index (χ0v) is 10.8. The Kier molecular flexibility index (Phi) is 5.49. The Hall–Kier alpha value is -0.870. The molecule has 1 aromatic heterocycles. The topological polar surface area (TPSA) is 38.3 Å². The molecule has 0 bridgehead atoms. The van der Waals surface area contributed by atoms with Crippen molar-refractivity contribution in [3.05, 3.63) is 22.4 Å². The van der Waals surface area contributed by atoms with Gasteiger partial charge in [-0.1, -0.05) is 13.0 Å². The molecule has 16 heavy (non-hydrogen) atoms. The lowest BCUT2D eigenvalue weighted by molar-refractivity contribution is -0.145. The van der Waals surface area contributed by atoms with Gasteiger partial charge in [0.1, 0.15) is 0 Å². The van der Waals surface area contributed by atoms with E-state index < -0.39 is 0 Å². The van der Waals surface area contributed by atoms with Gasteiger partial charge in [0, 0.05) is 17.5 Å². The van der Waals surface area contributed by atoms with Crippen molar-refractivity contribution in [1.29, 1.82) is 0 Å². The van der Waals surface area contributed by atoms with Crippen molar-refractivity contribution in [2.45, 2.75) is 26.3 Å². The molecule has 0 saturated heterocycles. The van der Waals surface area contributed by atoms with Crippen LogP contribution in [-0.4, -0.2) is 25.7 Å². The van der Waals surface area contributed by atoms with Crippen molar-refractivity contribution in [3.63, 3.8) is 0 Å². The van der Waals surface area contributed by atoms with Crippen LogP contribution in [0.4, 0.5) is 0 Å². The Labute approximate surface area is 101 Å². The van der Waals surface area contributed by atoms with E-state index in [1.54, 1.807) is 11.3 Å². The van der Waals surface area contributed by atoms with Crippen LogP contribution in [0.3, 0.4) is 0 Å². The molecule has 1 heterocycles. The number of hydrogen-bond donors (Lipinski definition) is 1. The van der Waals surface area contributed by atoms with Crippen LogP contribution >= 0.6 is 11.3 Å². The first-order valence-corrected chi connectivity index (χ1v) is 6.36. The van der Waals surface area contributed by atoms with Crippen molar-refractivity contribution in [2.24, 2.45) is 5.92 Å². The number of methoxy groups -OCH3 is 1. The van der Waals surface area contributed by atoms with Gasteiger partial charge in [-0.2, -0.15) is 0 Å². The molecule has 0 fully saturated rings. The van der Waals surface area contributed by atoms with E-state index >= 15 is 0 Å². The summed E-state index contributed by atoms with van der Waals surface area (Å²) in [7, 11) is 1.43. The van der Waals surface area contributed by atoms with Crippen LogP contribution in [0, 0.1) is 5.92 Å². The van der Waals surface area contributed by atoms with E-state index in [4.69, 9.17) is 4.74 Å². The van der Waals surface area contributed by atoms with Gasteiger partial charge in [0.25, 0.3) is 0 Å². The van der Waals surface area contributed by atoms with Gasteiger partial charge in [-0.25, -0.2) is 0 Å². The minimum absolute atomic E-state index is 0.103. The number of rotatable bonds is 6. The number of thiophene rings is 1. The highest BCUT2D eigenvalue weighted by atomic mass is 32.1. The van der Waals surface area contributed by atoms with Gasteiger partial charge in [-0.15, -0.1) is 11.3 Å². The summed E-state index contributed by atoms with van der Waals surface area (Å²) in [6, 6.07) is 4.33. The maximum Gasteiger partial charge on any atom is 0.309 e. The Morgan fingerprint density at radius 1 is 1.56 bits per heavy atom. The molecule has 0 aromatic carbocycles. The third-order valence-electron chi connectivity index (χ3n) is 2.74. The Balaban J connectivity index is 2.24. The fraction of sp³-hybridized carbons (Fsp3) is 0.583. The molecule has 0 saturated carbocycles. The quantitative estimate of drug-likeness (QED) is 0.775. The zero-order valence-electron chi connectivity index (χ0n) is 10.0. The average molecular weight is 241 g/mol. The summed E-state index contributed by atoms with van der Waals surface area (Å²) in [4.78, 5) is 12.7. The first-order chi connectivity index (χ1) is 7.65. The van der Waals surface area contributed by atoms with Crippen LogP contribution < -0.4 is 5.32 Å². The van der Waals surface area contributed by atoms with Gasteiger partial charge in [0.15, 0.2) is 0 Å². The lowest BCUT2D eigenvalue weighted by Crippen LogP contribution is -2.37. The normalized spacial score (nSPS) is 14.4. The van der Waals surface area contributed by atoms with E-state index in [9.17, 15) is 4.79 Å². The fourth-order valence-electron chi connectivity index (χ4n) is 1.44. The van der Waals surface area contributed by atoms with Crippen LogP contribution in [0.2, 0.25) is 0 Å². The molecule has 3 nitrogen and oxygen atoms in total. The van der Waals surface area contributed by atoms with E-state index in [1.807, 2.05) is 13.8 Å². The molecule has 90 valence electrons. The second-order valence-corrected chi connectivity index (χ2v) is 4.92. The molecule has 2 unspecified atom stereocenters. The maximum absolute atomic E-state index is 11.3. The number of hydrogen-bond acceptors (Lipinski definition) is 4. The standard InChI is InChI=1S/C12H19NO2S/c1-9(12(14)15-3)10(2)13-7-6-11-5-4-8-16-11/h4-5,8-10,13H,6-7H2,1-3H3. The van der Waals surface area contributed by atoms with Gasteiger partial charge in [0.2, 0.25) is 0 Å². The van der Waals surface area contributed by atoms with Gasteiger partial charge in [-0.3, -0.25) is 4.79 Å². The molecule has 1 rings (SSSR count). The number of carbonyl (C=O) groups is 1. The Bertz CT molecular complexity index is 311. The highest BCUT2D eigenvalue weighted by Crippen LogP contribution is 2.09. The Morgan fingerprint density at radius 2 is 2.31 bits per heavy atom. The first kappa shape index (κ1) is 13.2. The molecule has 0 aliphatic rings. The van der Waals surface area contributed by atoms with Crippen molar-refractivity contribution in [2.75, 3.05) is 13.7 Å². The highest BCUT2D eigenvalue weighted by Gasteiger charge is 2.19. The molecular formula is C12H19NO2S. The van der Waals surface area contributed by atoms with Crippen molar-refractivity contribution in [3.8, 4) is 0 Å². The number of carbonyl (C=O) groups excluding carboxylic acids is 1. The van der Waals surface area contributed by atoms with E-state index in [1.165, 1.54) is 12.0 Å². The smallest absolute Gasteiger partial charge is 0.309 e. The summed E-state index contributed by atoms with van der Waals surface area (Å²) >= 11 is 1.76. The van der Waals surface area contributed by atoms with Crippen LogP contribution in [0.15, 0.2) is 17.5 Å². The van der Waals surface area contributed by atoms with Crippen molar-refractivity contribution < 1.29 is 9.53 Å². The predicted octanol–water partition coefficient (Wildman–Crippen LogP) is 2.08. The molecule has 0 spiro atoms. The molecule has 0 radical (unpaired) electrons. The lowest BCUT2D eigenvalue weighted by Gasteiger charge is -2.18. The van der Waals surface area contributed by atoms with Gasteiger partial charge >= 0.3 is 5.97 Å². The summed E-state index contributed by atoms with van der Waals surface area (Å²) in [5, 5.41) is 5.42. The third kappa shape index (κ3) is 3.94. The predicted molar refractivity (Wildman–Crippen MR) is 66.7 cm³/mol. The van der Waals surface area contributed by atoms with E-state index in [2.05, 4.69) is 22.8 Å². The molecule has 1 aromatic rings. The summed E-state index contributed by atoms with van der Waals surface area (Å²) in [6.45, 7) is 4.79. The van der Waals surface area contributed by atoms with Crippen molar-refractivity contribution >= 4 is 17.3 Å². The number of ether oxygens (including phenoxy) is 1.